The molecule has 0 saturated carbocycles. The second-order valence-corrected chi connectivity index (χ2v) is 7.26. The van der Waals surface area contributed by atoms with Crippen molar-refractivity contribution in [2.45, 2.75) is 38.6 Å². The lowest BCUT2D eigenvalue weighted by atomic mass is 10.1. The van der Waals surface area contributed by atoms with Crippen LogP contribution in [-0.2, 0) is 24.2 Å². The highest BCUT2D eigenvalue weighted by atomic mass is 19.1. The number of nitrogens with zero attached hydrogens (tertiary/aromatic N) is 2. The van der Waals surface area contributed by atoms with E-state index in [0.29, 0.717) is 17.1 Å². The molecule has 0 fully saturated rings. The summed E-state index contributed by atoms with van der Waals surface area (Å²) in [7, 11) is 0. The van der Waals surface area contributed by atoms with E-state index < -0.39 is 0 Å². The first-order valence-electron chi connectivity index (χ1n) is 10.1. The zero-order valence-electron chi connectivity index (χ0n) is 16.5. The SMILES string of the molecule is O=C(CNC(=O)c1nn(-c2ccc(F)cc2)c2c1CCCCC2)NCc1ccco1. The number of hydrogen-bond donors (Lipinski definition) is 2. The fourth-order valence-corrected chi connectivity index (χ4v) is 3.66. The average Bonchev–Trinajstić information content (AvgIpc) is 3.33. The summed E-state index contributed by atoms with van der Waals surface area (Å²) in [6.45, 7) is 0.105. The number of hydrogen-bond acceptors (Lipinski definition) is 4. The Bertz CT molecular complexity index is 1030. The summed E-state index contributed by atoms with van der Waals surface area (Å²) in [6, 6.07) is 9.56. The Hall–Kier alpha value is -3.42. The van der Waals surface area contributed by atoms with Crippen molar-refractivity contribution < 1.29 is 18.4 Å². The third-order valence-corrected chi connectivity index (χ3v) is 5.17. The van der Waals surface area contributed by atoms with E-state index in [4.69, 9.17) is 4.42 Å². The molecule has 0 saturated heterocycles. The van der Waals surface area contributed by atoms with Gasteiger partial charge >= 0.3 is 0 Å². The molecule has 4 rings (SSSR count). The van der Waals surface area contributed by atoms with Gasteiger partial charge in [-0.25, -0.2) is 9.07 Å². The fraction of sp³-hybridized carbons (Fsp3) is 0.318. The summed E-state index contributed by atoms with van der Waals surface area (Å²) < 4.78 is 20.2. The maximum atomic E-state index is 13.3. The van der Waals surface area contributed by atoms with Crippen molar-refractivity contribution in [1.29, 1.82) is 0 Å². The monoisotopic (exact) mass is 410 g/mol. The van der Waals surface area contributed by atoms with Gasteiger partial charge in [-0.2, -0.15) is 5.10 Å². The van der Waals surface area contributed by atoms with Crippen LogP contribution in [-0.4, -0.2) is 28.1 Å². The summed E-state index contributed by atoms with van der Waals surface area (Å²) in [5.41, 5.74) is 2.93. The minimum atomic E-state index is -0.387. The molecule has 2 amide bonds. The highest BCUT2D eigenvalue weighted by Crippen LogP contribution is 2.26. The molecule has 8 heteroatoms. The molecule has 0 aliphatic heterocycles. The second kappa shape index (κ2) is 8.94. The summed E-state index contributed by atoms with van der Waals surface area (Å²) >= 11 is 0. The van der Waals surface area contributed by atoms with Gasteiger partial charge in [-0.15, -0.1) is 0 Å². The lowest BCUT2D eigenvalue weighted by Gasteiger charge is -2.07. The number of nitrogens with one attached hydrogen (secondary N) is 2. The van der Waals surface area contributed by atoms with Gasteiger partial charge in [-0.05, 0) is 62.1 Å². The number of halogens is 1. The van der Waals surface area contributed by atoms with Gasteiger partial charge in [-0.3, -0.25) is 9.59 Å². The summed E-state index contributed by atoms with van der Waals surface area (Å²) in [5, 5.41) is 9.88. The smallest absolute Gasteiger partial charge is 0.272 e. The molecule has 1 aromatic carbocycles. The lowest BCUT2D eigenvalue weighted by Crippen LogP contribution is -2.37. The van der Waals surface area contributed by atoms with E-state index in [1.807, 2.05) is 0 Å². The lowest BCUT2D eigenvalue weighted by molar-refractivity contribution is -0.120. The van der Waals surface area contributed by atoms with E-state index in [1.54, 1.807) is 28.9 Å². The third-order valence-electron chi connectivity index (χ3n) is 5.17. The molecule has 1 aliphatic carbocycles. The first kappa shape index (κ1) is 19.9. The topological polar surface area (TPSA) is 89.2 Å². The van der Waals surface area contributed by atoms with Gasteiger partial charge in [0.1, 0.15) is 11.6 Å². The maximum absolute atomic E-state index is 13.3. The number of fused-ring (bicyclic) bond motifs is 1. The molecule has 0 radical (unpaired) electrons. The number of carbonyl (C=O) groups excluding carboxylic acids is 2. The van der Waals surface area contributed by atoms with Gasteiger partial charge in [0.05, 0.1) is 25.0 Å². The molecule has 3 aromatic rings. The van der Waals surface area contributed by atoms with E-state index in [9.17, 15) is 14.0 Å². The first-order chi connectivity index (χ1) is 14.6. The fourth-order valence-electron chi connectivity index (χ4n) is 3.66. The quantitative estimate of drug-likeness (QED) is 0.612. The molecule has 0 atom stereocenters. The normalized spacial score (nSPS) is 13.4. The van der Waals surface area contributed by atoms with Crippen LogP contribution in [0.4, 0.5) is 4.39 Å². The van der Waals surface area contributed by atoms with Gasteiger partial charge in [-0.1, -0.05) is 6.42 Å². The Labute approximate surface area is 173 Å². The van der Waals surface area contributed by atoms with Crippen LogP contribution in [0.2, 0.25) is 0 Å². The first-order valence-corrected chi connectivity index (χ1v) is 10.1. The Kier molecular flexibility index (Phi) is 5.92. The molecule has 156 valence electrons. The number of benzene rings is 1. The molecule has 2 heterocycles. The molecular weight excluding hydrogens is 387 g/mol. The zero-order valence-corrected chi connectivity index (χ0v) is 16.5. The van der Waals surface area contributed by atoms with Crippen molar-refractivity contribution >= 4 is 11.8 Å². The minimum absolute atomic E-state index is 0.155. The highest BCUT2D eigenvalue weighted by molar-refractivity contribution is 5.96. The van der Waals surface area contributed by atoms with Gasteiger partial charge in [0.2, 0.25) is 5.91 Å². The number of carbonyl (C=O) groups is 2. The number of amides is 2. The minimum Gasteiger partial charge on any atom is -0.467 e. The number of aromatic nitrogens is 2. The van der Waals surface area contributed by atoms with Crippen LogP contribution in [0.1, 0.15) is 46.8 Å². The van der Waals surface area contributed by atoms with Crippen molar-refractivity contribution in [3.05, 3.63) is 71.2 Å². The van der Waals surface area contributed by atoms with Crippen LogP contribution in [0, 0.1) is 5.82 Å². The maximum Gasteiger partial charge on any atom is 0.272 e. The molecule has 7 nitrogen and oxygen atoms in total. The Morgan fingerprint density at radius 3 is 2.63 bits per heavy atom. The van der Waals surface area contributed by atoms with Crippen LogP contribution >= 0.6 is 0 Å². The van der Waals surface area contributed by atoms with E-state index in [2.05, 4.69) is 15.7 Å². The standard InChI is InChI=1S/C22H23FN4O3/c23-15-8-10-16(11-9-15)27-19-7-3-1-2-6-18(19)21(26-27)22(29)25-14-20(28)24-13-17-5-4-12-30-17/h4-5,8-12H,1-3,6-7,13-14H2,(H,24,28)(H,25,29). The van der Waals surface area contributed by atoms with Crippen LogP contribution in [0.25, 0.3) is 5.69 Å². The Morgan fingerprint density at radius 2 is 1.87 bits per heavy atom. The van der Waals surface area contributed by atoms with Crippen LogP contribution < -0.4 is 10.6 Å². The number of furan rings is 1. The summed E-state index contributed by atoms with van der Waals surface area (Å²) in [5.74, 6) is -0.389. The zero-order chi connectivity index (χ0) is 20.9. The van der Waals surface area contributed by atoms with Gasteiger partial charge in [0.25, 0.3) is 5.91 Å². The van der Waals surface area contributed by atoms with Crippen LogP contribution in [0.15, 0.2) is 47.1 Å². The van der Waals surface area contributed by atoms with Crippen LogP contribution in [0.3, 0.4) is 0 Å². The highest BCUT2D eigenvalue weighted by Gasteiger charge is 2.25. The van der Waals surface area contributed by atoms with Gasteiger partial charge in [0, 0.05) is 11.3 Å². The third kappa shape index (κ3) is 4.42. The Morgan fingerprint density at radius 1 is 1.07 bits per heavy atom. The second-order valence-electron chi connectivity index (χ2n) is 7.26. The predicted octanol–water partition coefficient (Wildman–Crippen LogP) is 2.92. The average molecular weight is 410 g/mol. The van der Waals surface area contributed by atoms with Gasteiger partial charge < -0.3 is 15.1 Å². The van der Waals surface area contributed by atoms with E-state index in [-0.39, 0.29) is 30.7 Å². The molecule has 0 unspecified atom stereocenters. The van der Waals surface area contributed by atoms with Crippen molar-refractivity contribution in [3.8, 4) is 5.69 Å². The molecule has 0 bridgehead atoms. The van der Waals surface area contributed by atoms with Crippen molar-refractivity contribution in [2.75, 3.05) is 6.54 Å². The molecule has 2 N–H and O–H groups in total. The van der Waals surface area contributed by atoms with E-state index >= 15 is 0 Å². The molecule has 0 spiro atoms. The van der Waals surface area contributed by atoms with Crippen molar-refractivity contribution in [1.82, 2.24) is 20.4 Å². The molecule has 1 aliphatic rings. The molecule has 30 heavy (non-hydrogen) atoms. The Balaban J connectivity index is 1.49. The summed E-state index contributed by atoms with van der Waals surface area (Å²) in [6.07, 6.45) is 6.16. The van der Waals surface area contributed by atoms with E-state index in [1.165, 1.54) is 18.4 Å². The largest absolute Gasteiger partial charge is 0.467 e. The van der Waals surface area contributed by atoms with Gasteiger partial charge in [0.15, 0.2) is 5.69 Å². The molecule has 2 aromatic heterocycles. The summed E-state index contributed by atoms with van der Waals surface area (Å²) in [4.78, 5) is 24.9. The molecular formula is C22H23FN4O3. The number of rotatable bonds is 6. The van der Waals surface area contributed by atoms with Crippen molar-refractivity contribution in [2.24, 2.45) is 0 Å². The predicted molar refractivity (Wildman–Crippen MR) is 108 cm³/mol. The van der Waals surface area contributed by atoms with Crippen molar-refractivity contribution in [3.63, 3.8) is 0 Å². The van der Waals surface area contributed by atoms with Crippen LogP contribution in [0.5, 0.6) is 0 Å². The van der Waals surface area contributed by atoms with E-state index in [0.717, 1.165) is 43.4 Å².